The number of rotatable bonds is 5. The van der Waals surface area contributed by atoms with Gasteiger partial charge in [0, 0.05) is 33.8 Å². The lowest BCUT2D eigenvalue weighted by molar-refractivity contribution is 0.586. The Morgan fingerprint density at radius 1 is 1.19 bits per heavy atom. The summed E-state index contributed by atoms with van der Waals surface area (Å²) in [4.78, 5) is 8.14. The van der Waals surface area contributed by atoms with Crippen LogP contribution in [-0.4, -0.2) is 24.1 Å². The van der Waals surface area contributed by atoms with Crippen LogP contribution in [0.15, 0.2) is 41.3 Å². The van der Waals surface area contributed by atoms with Crippen molar-refractivity contribution in [3.63, 3.8) is 0 Å². The van der Waals surface area contributed by atoms with Crippen LogP contribution < -0.4 is 4.72 Å². The largest absolute Gasteiger partial charge is 0.281 e. The van der Waals surface area contributed by atoms with Crippen LogP contribution in [0.1, 0.15) is 13.3 Å². The van der Waals surface area contributed by atoms with Gasteiger partial charge in [0.1, 0.15) is 5.82 Å². The maximum absolute atomic E-state index is 14.8. The average molecular weight is 442 g/mol. The number of benzene rings is 1. The maximum Gasteiger partial charge on any atom is 0.232 e. The molecule has 9 heteroatoms. The Hall–Kier alpha value is -2.13. The fourth-order valence-corrected chi connectivity index (χ4v) is 4.10. The molecule has 0 aliphatic carbocycles. The van der Waals surface area contributed by atoms with Gasteiger partial charge in [0.05, 0.1) is 22.7 Å². The minimum atomic E-state index is -3.71. The fraction of sp³-hybridized carbons (Fsp3) is 0.176. The summed E-state index contributed by atoms with van der Waals surface area (Å²) < 4.78 is 55.8. The van der Waals surface area contributed by atoms with Gasteiger partial charge in [-0.3, -0.25) is 14.7 Å². The number of hydrogen-bond acceptors (Lipinski definition) is 4. The number of hydrogen-bond donors (Lipinski definition) is 1. The van der Waals surface area contributed by atoms with Gasteiger partial charge in [0.25, 0.3) is 0 Å². The van der Waals surface area contributed by atoms with Crippen LogP contribution in [0.5, 0.6) is 0 Å². The van der Waals surface area contributed by atoms with E-state index in [1.165, 1.54) is 12.3 Å². The first-order chi connectivity index (χ1) is 12.3. The lowest BCUT2D eigenvalue weighted by atomic mass is 10.1. The summed E-state index contributed by atoms with van der Waals surface area (Å²) in [6, 6.07) is 3.56. The molecule has 0 aliphatic heterocycles. The fourth-order valence-electron chi connectivity index (χ4n) is 2.52. The molecule has 136 valence electrons. The van der Waals surface area contributed by atoms with Gasteiger partial charge in [0.2, 0.25) is 10.0 Å². The number of pyridine rings is 2. The number of fused-ring (bicyclic) bond motifs is 1. The molecule has 0 spiro atoms. The van der Waals surface area contributed by atoms with Gasteiger partial charge in [-0.15, -0.1) is 0 Å². The van der Waals surface area contributed by atoms with Crippen LogP contribution in [0.3, 0.4) is 0 Å². The number of sulfonamides is 1. The summed E-state index contributed by atoms with van der Waals surface area (Å²) >= 11 is 3.34. The highest BCUT2D eigenvalue weighted by Gasteiger charge is 2.20. The van der Waals surface area contributed by atoms with Gasteiger partial charge < -0.3 is 0 Å². The molecule has 3 rings (SSSR count). The molecule has 1 N–H and O–H groups in total. The zero-order valence-corrected chi connectivity index (χ0v) is 16.0. The first kappa shape index (κ1) is 18.7. The summed E-state index contributed by atoms with van der Waals surface area (Å²) in [6.45, 7) is 1.69. The van der Waals surface area contributed by atoms with Crippen molar-refractivity contribution in [2.45, 2.75) is 13.3 Å². The first-order valence-electron chi connectivity index (χ1n) is 7.70. The van der Waals surface area contributed by atoms with Gasteiger partial charge in [-0.1, -0.05) is 6.92 Å². The highest BCUT2D eigenvalue weighted by Crippen LogP contribution is 2.32. The van der Waals surface area contributed by atoms with Gasteiger partial charge >= 0.3 is 0 Å². The average Bonchev–Trinajstić information content (AvgIpc) is 2.58. The number of aromatic nitrogens is 2. The van der Waals surface area contributed by atoms with Crippen molar-refractivity contribution in [2.24, 2.45) is 0 Å². The Morgan fingerprint density at radius 2 is 1.96 bits per heavy atom. The number of nitrogens with one attached hydrogen (secondary N) is 1. The summed E-state index contributed by atoms with van der Waals surface area (Å²) in [5, 5.41) is 1.38. The van der Waals surface area contributed by atoms with E-state index < -0.39 is 27.2 Å². The predicted octanol–water partition coefficient (Wildman–Crippen LogP) is 4.49. The number of anilines is 1. The number of nitrogens with zero attached hydrogens (tertiary/aromatic N) is 2. The quantitative estimate of drug-likeness (QED) is 0.632. The van der Waals surface area contributed by atoms with Crippen LogP contribution in [0, 0.1) is 11.6 Å². The van der Waals surface area contributed by atoms with E-state index in [0.29, 0.717) is 16.3 Å². The number of halogens is 3. The van der Waals surface area contributed by atoms with Crippen molar-refractivity contribution in [1.82, 2.24) is 9.97 Å². The third kappa shape index (κ3) is 3.68. The second-order valence-electron chi connectivity index (χ2n) is 5.62. The van der Waals surface area contributed by atoms with Crippen LogP contribution in [0.25, 0.3) is 22.0 Å². The van der Waals surface area contributed by atoms with Crippen LogP contribution in [0.4, 0.5) is 14.5 Å². The van der Waals surface area contributed by atoms with E-state index in [-0.39, 0.29) is 17.1 Å². The molecule has 2 heterocycles. The molecule has 0 saturated carbocycles. The third-order valence-corrected chi connectivity index (χ3v) is 5.79. The molecule has 0 unspecified atom stereocenters. The minimum absolute atomic E-state index is 0.0453. The molecule has 0 saturated heterocycles. The predicted molar refractivity (Wildman–Crippen MR) is 100 cm³/mol. The molecule has 0 fully saturated rings. The smallest absolute Gasteiger partial charge is 0.232 e. The molecule has 0 aliphatic rings. The monoisotopic (exact) mass is 441 g/mol. The molecule has 0 bridgehead atoms. The van der Waals surface area contributed by atoms with Gasteiger partial charge in [0.15, 0.2) is 5.82 Å². The van der Waals surface area contributed by atoms with Crippen molar-refractivity contribution in [2.75, 3.05) is 10.5 Å². The zero-order valence-electron chi connectivity index (χ0n) is 13.6. The van der Waals surface area contributed by atoms with Crippen molar-refractivity contribution < 1.29 is 17.2 Å². The maximum atomic E-state index is 14.8. The molecule has 5 nitrogen and oxygen atoms in total. The summed E-state index contributed by atoms with van der Waals surface area (Å²) in [6.07, 6.45) is 4.99. The molecule has 3 aromatic rings. The van der Waals surface area contributed by atoms with Crippen LogP contribution >= 0.6 is 15.9 Å². The van der Waals surface area contributed by atoms with Crippen LogP contribution in [-0.2, 0) is 10.0 Å². The second-order valence-corrected chi connectivity index (χ2v) is 8.31. The van der Waals surface area contributed by atoms with E-state index in [4.69, 9.17) is 0 Å². The first-order valence-corrected chi connectivity index (χ1v) is 10.1. The lowest BCUT2D eigenvalue weighted by Gasteiger charge is -2.12. The zero-order chi connectivity index (χ0) is 18.9. The summed E-state index contributed by atoms with van der Waals surface area (Å²) in [7, 11) is -3.71. The van der Waals surface area contributed by atoms with Gasteiger partial charge in [-0.25, -0.2) is 17.2 Å². The van der Waals surface area contributed by atoms with E-state index in [2.05, 4.69) is 30.6 Å². The molecular formula is C17H14BrF2N3O2S. The van der Waals surface area contributed by atoms with Crippen molar-refractivity contribution in [3.05, 3.63) is 52.9 Å². The molecule has 0 atom stereocenters. The van der Waals surface area contributed by atoms with Gasteiger partial charge in [-0.05, 0) is 40.5 Å². The normalized spacial score (nSPS) is 11.7. The van der Waals surface area contributed by atoms with E-state index in [1.54, 1.807) is 19.3 Å². The Labute approximate surface area is 157 Å². The standard InChI is InChI=1S/C17H14BrF2N3O2S/c1-2-5-26(24,25)23-14-4-3-13(19)16(17(14)20)15-6-10-7-21-9-12(18)11(10)8-22-15/h3-4,6-9,23H,2,5H2,1H3. The van der Waals surface area contributed by atoms with Crippen molar-refractivity contribution in [1.29, 1.82) is 0 Å². The van der Waals surface area contributed by atoms with E-state index in [1.807, 2.05) is 0 Å². The Balaban J connectivity index is 2.12. The molecule has 2 aromatic heterocycles. The minimum Gasteiger partial charge on any atom is -0.281 e. The van der Waals surface area contributed by atoms with Crippen molar-refractivity contribution >= 4 is 42.4 Å². The second kappa shape index (κ2) is 7.24. The Bertz CT molecular complexity index is 1090. The van der Waals surface area contributed by atoms with E-state index in [0.717, 1.165) is 17.5 Å². The molecular weight excluding hydrogens is 428 g/mol. The highest BCUT2D eigenvalue weighted by atomic mass is 79.9. The van der Waals surface area contributed by atoms with Crippen molar-refractivity contribution in [3.8, 4) is 11.3 Å². The summed E-state index contributed by atoms with van der Waals surface area (Å²) in [5.74, 6) is -2.01. The lowest BCUT2D eigenvalue weighted by Crippen LogP contribution is -2.17. The Kier molecular flexibility index (Phi) is 5.19. The van der Waals surface area contributed by atoms with E-state index in [9.17, 15) is 17.2 Å². The Morgan fingerprint density at radius 3 is 2.69 bits per heavy atom. The molecule has 0 amide bonds. The topological polar surface area (TPSA) is 72.0 Å². The van der Waals surface area contributed by atoms with Gasteiger partial charge in [-0.2, -0.15) is 0 Å². The highest BCUT2D eigenvalue weighted by molar-refractivity contribution is 9.10. The molecule has 26 heavy (non-hydrogen) atoms. The van der Waals surface area contributed by atoms with Crippen LogP contribution in [0.2, 0.25) is 0 Å². The van der Waals surface area contributed by atoms with E-state index >= 15 is 0 Å². The SMILES string of the molecule is CCCS(=O)(=O)Nc1ccc(F)c(-c2cc3cncc(Br)c3cn2)c1F. The third-order valence-electron chi connectivity index (χ3n) is 3.68. The molecule has 1 aromatic carbocycles. The summed E-state index contributed by atoms with van der Waals surface area (Å²) in [5.41, 5.74) is -0.670. The molecule has 0 radical (unpaired) electrons.